The quantitative estimate of drug-likeness (QED) is 0.516. The van der Waals surface area contributed by atoms with Crippen molar-refractivity contribution in [2.24, 2.45) is 0 Å². The molecule has 1 aliphatic rings. The van der Waals surface area contributed by atoms with Crippen molar-refractivity contribution in [1.82, 2.24) is 4.90 Å². The molecule has 6 nitrogen and oxygen atoms in total. The van der Waals surface area contributed by atoms with Gasteiger partial charge in [-0.25, -0.2) is 0 Å². The first kappa shape index (κ1) is 24.7. The van der Waals surface area contributed by atoms with Crippen LogP contribution in [0.25, 0.3) is 0 Å². The van der Waals surface area contributed by atoms with Gasteiger partial charge in [0.1, 0.15) is 5.75 Å². The topological polar surface area (TPSA) is 61.9 Å². The summed E-state index contributed by atoms with van der Waals surface area (Å²) in [5, 5.41) is 3.18. The van der Waals surface area contributed by atoms with Crippen LogP contribution in [0.15, 0.2) is 39.3 Å². The number of ether oxygens (including phenoxy) is 1. The first-order valence-corrected chi connectivity index (χ1v) is 11.2. The second-order valence-corrected chi connectivity index (χ2v) is 9.07. The van der Waals surface area contributed by atoms with Crippen molar-refractivity contribution in [1.29, 1.82) is 0 Å². The minimum Gasteiger partial charge on any atom is -0.495 e. The minimum atomic E-state index is -4.90. The summed E-state index contributed by atoms with van der Waals surface area (Å²) in [6.07, 6.45) is -4.90. The van der Waals surface area contributed by atoms with Crippen molar-refractivity contribution in [3.05, 3.63) is 49.9 Å². The van der Waals surface area contributed by atoms with Crippen LogP contribution in [0.2, 0.25) is 5.02 Å². The Balaban J connectivity index is 1.83. The Morgan fingerprint density at radius 2 is 1.75 bits per heavy atom. The van der Waals surface area contributed by atoms with Gasteiger partial charge < -0.3 is 19.9 Å². The lowest BCUT2D eigenvalue weighted by Crippen LogP contribution is -2.52. The van der Waals surface area contributed by atoms with Crippen LogP contribution in [0.5, 0.6) is 5.75 Å². The molecule has 3 rings (SSSR count). The number of benzene rings is 2. The first-order valence-electron chi connectivity index (χ1n) is 9.26. The van der Waals surface area contributed by atoms with Crippen molar-refractivity contribution in [2.75, 3.05) is 43.5 Å². The molecule has 0 saturated carbocycles. The SMILES string of the molecule is COc1c(Br)cc(Br)cc1C(=O)Nc1cc(Cl)ccc1N1CCN(C(=O)C(F)(F)F)CC1. The van der Waals surface area contributed by atoms with Gasteiger partial charge in [-0.2, -0.15) is 13.2 Å². The molecule has 12 heteroatoms. The summed E-state index contributed by atoms with van der Waals surface area (Å²) >= 11 is 12.8. The van der Waals surface area contributed by atoms with E-state index in [-0.39, 0.29) is 31.7 Å². The summed E-state index contributed by atoms with van der Waals surface area (Å²) in [5.74, 6) is -1.97. The number of carbonyl (C=O) groups is 2. The molecule has 2 aromatic carbocycles. The molecule has 0 aliphatic carbocycles. The van der Waals surface area contributed by atoms with Gasteiger partial charge in [0.25, 0.3) is 5.91 Å². The molecule has 1 fully saturated rings. The van der Waals surface area contributed by atoms with Crippen LogP contribution >= 0.6 is 43.5 Å². The van der Waals surface area contributed by atoms with Crippen molar-refractivity contribution in [3.8, 4) is 5.75 Å². The summed E-state index contributed by atoms with van der Waals surface area (Å²) in [6, 6.07) is 8.19. The van der Waals surface area contributed by atoms with Crippen LogP contribution in [0.4, 0.5) is 24.5 Å². The van der Waals surface area contributed by atoms with Gasteiger partial charge in [0.05, 0.1) is 28.5 Å². The number of halogens is 6. The molecule has 1 saturated heterocycles. The normalized spacial score (nSPS) is 14.3. The van der Waals surface area contributed by atoms with Crippen LogP contribution in [0, 0.1) is 0 Å². The zero-order valence-corrected chi connectivity index (χ0v) is 20.5. The Morgan fingerprint density at radius 1 is 1.09 bits per heavy atom. The predicted octanol–water partition coefficient (Wildman–Crippen LogP) is 5.34. The number of piperazine rings is 1. The molecule has 0 aromatic heterocycles. The molecule has 1 N–H and O–H groups in total. The molecule has 0 atom stereocenters. The zero-order valence-electron chi connectivity index (χ0n) is 16.6. The Labute approximate surface area is 203 Å². The Kier molecular flexibility index (Phi) is 7.61. The number of methoxy groups -OCH3 is 1. The highest BCUT2D eigenvalue weighted by Crippen LogP contribution is 2.35. The summed E-state index contributed by atoms with van der Waals surface area (Å²) in [5.41, 5.74) is 1.23. The average molecular weight is 600 g/mol. The van der Waals surface area contributed by atoms with Crippen LogP contribution in [0.1, 0.15) is 10.4 Å². The van der Waals surface area contributed by atoms with Gasteiger partial charge in [0.15, 0.2) is 0 Å². The molecular weight excluding hydrogens is 582 g/mol. The van der Waals surface area contributed by atoms with Crippen molar-refractivity contribution in [3.63, 3.8) is 0 Å². The first-order chi connectivity index (χ1) is 15.0. The van der Waals surface area contributed by atoms with E-state index in [1.807, 2.05) is 0 Å². The highest BCUT2D eigenvalue weighted by molar-refractivity contribution is 9.11. The number of hydrogen-bond donors (Lipinski definition) is 1. The molecule has 1 heterocycles. The summed E-state index contributed by atoms with van der Waals surface area (Å²) in [6.45, 7) is 0.137. The lowest BCUT2D eigenvalue weighted by Gasteiger charge is -2.37. The molecular formula is C20H17Br2ClF3N3O3. The molecule has 0 bridgehead atoms. The second kappa shape index (κ2) is 9.88. The maximum Gasteiger partial charge on any atom is 0.471 e. The fourth-order valence-corrected chi connectivity index (χ4v) is 4.90. The number of carbonyl (C=O) groups excluding carboxylic acids is 2. The third-order valence-electron chi connectivity index (χ3n) is 4.81. The van der Waals surface area contributed by atoms with Crippen LogP contribution in [0.3, 0.4) is 0 Å². The van der Waals surface area contributed by atoms with Gasteiger partial charge in [-0.05, 0) is 46.3 Å². The molecule has 32 heavy (non-hydrogen) atoms. The third kappa shape index (κ3) is 5.49. The predicted molar refractivity (Wildman–Crippen MR) is 123 cm³/mol. The van der Waals surface area contributed by atoms with Crippen LogP contribution in [-0.4, -0.2) is 56.2 Å². The van der Waals surface area contributed by atoms with Crippen LogP contribution < -0.4 is 15.0 Å². The number of anilines is 2. The largest absolute Gasteiger partial charge is 0.495 e. The molecule has 0 unspecified atom stereocenters. The van der Waals surface area contributed by atoms with E-state index in [2.05, 4.69) is 37.2 Å². The van der Waals surface area contributed by atoms with E-state index < -0.39 is 18.0 Å². The van der Waals surface area contributed by atoms with Crippen molar-refractivity contribution in [2.45, 2.75) is 6.18 Å². The Morgan fingerprint density at radius 3 is 2.34 bits per heavy atom. The van der Waals surface area contributed by atoms with E-state index in [1.165, 1.54) is 7.11 Å². The fraction of sp³-hybridized carbons (Fsp3) is 0.300. The molecule has 0 radical (unpaired) electrons. The Hall–Kier alpha value is -1.98. The van der Waals surface area contributed by atoms with Crippen molar-refractivity contribution < 1.29 is 27.5 Å². The highest BCUT2D eigenvalue weighted by Gasteiger charge is 2.43. The minimum absolute atomic E-state index is 0.0965. The zero-order chi connectivity index (χ0) is 23.6. The second-order valence-electron chi connectivity index (χ2n) is 6.86. The van der Waals surface area contributed by atoms with E-state index in [9.17, 15) is 22.8 Å². The van der Waals surface area contributed by atoms with Gasteiger partial charge >= 0.3 is 12.1 Å². The molecule has 1 aliphatic heterocycles. The summed E-state index contributed by atoms with van der Waals surface area (Å²) < 4.78 is 44.7. The van der Waals surface area contributed by atoms with Gasteiger partial charge in [-0.1, -0.05) is 27.5 Å². The maximum absolute atomic E-state index is 13.0. The van der Waals surface area contributed by atoms with Crippen molar-refractivity contribution >= 4 is 66.6 Å². The monoisotopic (exact) mass is 597 g/mol. The molecule has 2 aromatic rings. The Bertz CT molecular complexity index is 1040. The van der Waals surface area contributed by atoms with Gasteiger partial charge in [0, 0.05) is 35.7 Å². The van der Waals surface area contributed by atoms with Gasteiger partial charge in [-0.3, -0.25) is 9.59 Å². The maximum atomic E-state index is 13.0. The van der Waals surface area contributed by atoms with E-state index in [0.717, 1.165) is 4.90 Å². The molecule has 2 amide bonds. The number of nitrogens with one attached hydrogen (secondary N) is 1. The number of amides is 2. The molecule has 172 valence electrons. The number of hydrogen-bond acceptors (Lipinski definition) is 4. The number of alkyl halides is 3. The van der Waals surface area contributed by atoms with E-state index in [1.54, 1.807) is 35.2 Å². The summed E-state index contributed by atoms with van der Waals surface area (Å²) in [7, 11) is 1.44. The van der Waals surface area contributed by atoms with Gasteiger partial charge in [-0.15, -0.1) is 0 Å². The van der Waals surface area contributed by atoms with E-state index in [4.69, 9.17) is 16.3 Å². The highest BCUT2D eigenvalue weighted by atomic mass is 79.9. The summed E-state index contributed by atoms with van der Waals surface area (Å²) in [4.78, 5) is 27.1. The lowest BCUT2D eigenvalue weighted by molar-refractivity contribution is -0.185. The average Bonchev–Trinajstić information content (AvgIpc) is 2.72. The van der Waals surface area contributed by atoms with Crippen LogP contribution in [-0.2, 0) is 4.79 Å². The lowest BCUT2D eigenvalue weighted by atomic mass is 10.1. The van der Waals surface area contributed by atoms with E-state index >= 15 is 0 Å². The fourth-order valence-electron chi connectivity index (χ4n) is 3.34. The third-order valence-corrected chi connectivity index (χ3v) is 6.10. The molecule has 0 spiro atoms. The standard InChI is InChI=1S/C20H17Br2ClF3N3O3/c1-32-17-13(8-11(21)9-14(17)22)18(30)27-15-10-12(23)2-3-16(15)28-4-6-29(7-5-28)19(31)20(24,25)26/h2-3,8-10H,4-7H2,1H3,(H,27,30). The smallest absolute Gasteiger partial charge is 0.471 e. The van der Waals surface area contributed by atoms with Gasteiger partial charge in [0.2, 0.25) is 0 Å². The number of nitrogens with zero attached hydrogens (tertiary/aromatic N) is 2. The van der Waals surface area contributed by atoms with E-state index in [0.29, 0.717) is 31.1 Å². The number of rotatable bonds is 4.